The van der Waals surface area contributed by atoms with Crippen LogP contribution in [0.15, 0.2) is 224 Å². The second kappa shape index (κ2) is 14.7. The maximum absolute atomic E-state index is 2.38. The van der Waals surface area contributed by atoms with Crippen LogP contribution in [0.4, 0.5) is 17.1 Å². The predicted molar refractivity (Wildman–Crippen MR) is 246 cm³/mol. The summed E-state index contributed by atoms with van der Waals surface area (Å²) in [7, 11) is 0. The summed E-state index contributed by atoms with van der Waals surface area (Å²) >= 11 is 0. The van der Waals surface area contributed by atoms with Crippen LogP contribution < -0.4 is 4.90 Å². The first kappa shape index (κ1) is 35.2. The summed E-state index contributed by atoms with van der Waals surface area (Å²) in [4.78, 5) is 2.35. The van der Waals surface area contributed by atoms with E-state index in [-0.39, 0.29) is 5.41 Å². The maximum Gasteiger partial charge on any atom is 0.0462 e. The van der Waals surface area contributed by atoms with Gasteiger partial charge in [-0.1, -0.05) is 196 Å². The van der Waals surface area contributed by atoms with Crippen LogP contribution in [0, 0.1) is 0 Å². The molecule has 0 saturated carbocycles. The van der Waals surface area contributed by atoms with Crippen molar-refractivity contribution in [3.05, 3.63) is 236 Å². The normalized spacial score (nSPS) is 12.4. The van der Waals surface area contributed by atoms with Crippen LogP contribution in [0.25, 0.3) is 66.8 Å². The molecule has 0 atom stereocenters. The van der Waals surface area contributed by atoms with Crippen molar-refractivity contribution in [3.8, 4) is 66.8 Å². The van der Waals surface area contributed by atoms with Crippen LogP contribution in [0.2, 0.25) is 0 Å². The highest BCUT2D eigenvalue weighted by Gasteiger charge is 2.36. The average molecular weight is 742 g/mol. The van der Waals surface area contributed by atoms with Crippen molar-refractivity contribution >= 4 is 17.1 Å². The van der Waals surface area contributed by atoms with Gasteiger partial charge in [0.2, 0.25) is 0 Å². The van der Waals surface area contributed by atoms with E-state index in [1.54, 1.807) is 0 Å². The predicted octanol–water partition coefficient (Wildman–Crippen LogP) is 15.8. The maximum atomic E-state index is 2.38. The Labute approximate surface area is 342 Å². The van der Waals surface area contributed by atoms with Crippen molar-refractivity contribution < 1.29 is 0 Å². The van der Waals surface area contributed by atoms with E-state index in [4.69, 9.17) is 0 Å². The quantitative estimate of drug-likeness (QED) is 0.150. The molecule has 0 bridgehead atoms. The zero-order valence-corrected chi connectivity index (χ0v) is 32.8. The summed E-state index contributed by atoms with van der Waals surface area (Å²) in [6, 6.07) is 81.6. The fraction of sp³-hybridized carbons (Fsp3) is 0.0526. The van der Waals surface area contributed by atoms with Crippen LogP contribution in [-0.4, -0.2) is 0 Å². The van der Waals surface area contributed by atoms with Crippen LogP contribution >= 0.6 is 0 Å². The second-order valence-corrected chi connectivity index (χ2v) is 15.7. The fourth-order valence-corrected chi connectivity index (χ4v) is 8.91. The van der Waals surface area contributed by atoms with Gasteiger partial charge in [0.05, 0.1) is 0 Å². The zero-order valence-electron chi connectivity index (χ0n) is 32.8. The molecule has 0 spiro atoms. The lowest BCUT2D eigenvalue weighted by atomic mass is 9.81. The standard InChI is InChI=1S/C57H43N/c1-57(2)54-23-13-12-21-52(54)56-51(22-14-24-55(56)57)50-38-31-46(39-53(50)45-19-10-5-11-20-45)44-29-36-49(37-30-44)58(47-32-25-42(26-33-47)40-15-6-3-7-16-40)48-34-27-43(28-35-48)41-17-8-4-9-18-41/h3-39H,1-2H3. The van der Waals surface area contributed by atoms with Crippen molar-refractivity contribution in [3.63, 3.8) is 0 Å². The molecule has 0 aromatic heterocycles. The molecule has 0 heterocycles. The summed E-state index contributed by atoms with van der Waals surface area (Å²) in [5.74, 6) is 0. The Morgan fingerprint density at radius 1 is 0.276 bits per heavy atom. The van der Waals surface area contributed by atoms with Crippen molar-refractivity contribution in [2.24, 2.45) is 0 Å². The van der Waals surface area contributed by atoms with Crippen molar-refractivity contribution in [2.45, 2.75) is 19.3 Å². The van der Waals surface area contributed by atoms with E-state index < -0.39 is 0 Å². The molecule has 0 amide bonds. The Morgan fingerprint density at radius 2 is 0.672 bits per heavy atom. The Balaban J connectivity index is 1.05. The molecule has 9 aromatic rings. The van der Waals surface area contributed by atoms with Gasteiger partial charge in [0.25, 0.3) is 0 Å². The number of fused-ring (bicyclic) bond motifs is 3. The van der Waals surface area contributed by atoms with E-state index in [0.717, 1.165) is 17.1 Å². The van der Waals surface area contributed by atoms with Crippen molar-refractivity contribution in [1.82, 2.24) is 0 Å². The molecular formula is C57H43N. The lowest BCUT2D eigenvalue weighted by molar-refractivity contribution is 0.660. The summed E-state index contributed by atoms with van der Waals surface area (Å²) in [6.07, 6.45) is 0. The number of anilines is 3. The summed E-state index contributed by atoms with van der Waals surface area (Å²) < 4.78 is 0. The number of rotatable bonds is 8. The minimum Gasteiger partial charge on any atom is -0.311 e. The number of hydrogen-bond acceptors (Lipinski definition) is 1. The Kier molecular flexibility index (Phi) is 8.92. The minimum absolute atomic E-state index is 0.0573. The molecule has 58 heavy (non-hydrogen) atoms. The third kappa shape index (κ3) is 6.32. The molecule has 0 radical (unpaired) electrons. The molecule has 0 aliphatic heterocycles. The second-order valence-electron chi connectivity index (χ2n) is 15.7. The fourth-order valence-electron chi connectivity index (χ4n) is 8.91. The van der Waals surface area contributed by atoms with Gasteiger partial charge in [-0.05, 0) is 120 Å². The van der Waals surface area contributed by atoms with Gasteiger partial charge >= 0.3 is 0 Å². The minimum atomic E-state index is -0.0573. The average Bonchev–Trinajstić information content (AvgIpc) is 3.54. The highest BCUT2D eigenvalue weighted by atomic mass is 15.1. The third-order valence-electron chi connectivity index (χ3n) is 11.9. The molecule has 10 rings (SSSR count). The van der Waals surface area contributed by atoms with Gasteiger partial charge in [0, 0.05) is 22.5 Å². The summed E-state index contributed by atoms with van der Waals surface area (Å²) in [5, 5.41) is 0. The van der Waals surface area contributed by atoms with Crippen molar-refractivity contribution in [2.75, 3.05) is 4.90 Å². The number of nitrogens with zero attached hydrogens (tertiary/aromatic N) is 1. The Bertz CT molecular complexity index is 2770. The Hall–Kier alpha value is -7.22. The summed E-state index contributed by atoms with van der Waals surface area (Å²) in [6.45, 7) is 4.71. The van der Waals surface area contributed by atoms with Gasteiger partial charge in [0.1, 0.15) is 0 Å². The van der Waals surface area contributed by atoms with Crippen molar-refractivity contribution in [1.29, 1.82) is 0 Å². The van der Waals surface area contributed by atoms with E-state index in [1.807, 2.05) is 0 Å². The van der Waals surface area contributed by atoms with E-state index >= 15 is 0 Å². The zero-order chi connectivity index (χ0) is 39.1. The molecule has 1 nitrogen and oxygen atoms in total. The highest BCUT2D eigenvalue weighted by Crippen LogP contribution is 2.53. The molecule has 1 aliphatic carbocycles. The van der Waals surface area contributed by atoms with E-state index in [2.05, 4.69) is 243 Å². The lowest BCUT2D eigenvalue weighted by Crippen LogP contribution is -2.14. The molecule has 276 valence electrons. The lowest BCUT2D eigenvalue weighted by Gasteiger charge is -2.26. The van der Waals surface area contributed by atoms with E-state index in [9.17, 15) is 0 Å². The van der Waals surface area contributed by atoms with E-state index in [0.29, 0.717) is 0 Å². The van der Waals surface area contributed by atoms with Gasteiger partial charge in [-0.25, -0.2) is 0 Å². The number of benzene rings is 9. The van der Waals surface area contributed by atoms with Gasteiger partial charge < -0.3 is 4.90 Å². The first-order valence-electron chi connectivity index (χ1n) is 20.2. The Morgan fingerprint density at radius 3 is 1.21 bits per heavy atom. The molecule has 0 unspecified atom stereocenters. The molecule has 0 N–H and O–H groups in total. The third-order valence-corrected chi connectivity index (χ3v) is 11.9. The van der Waals surface area contributed by atoms with Crippen LogP contribution in [-0.2, 0) is 5.41 Å². The van der Waals surface area contributed by atoms with Crippen LogP contribution in [0.3, 0.4) is 0 Å². The molecular weight excluding hydrogens is 699 g/mol. The van der Waals surface area contributed by atoms with Crippen LogP contribution in [0.5, 0.6) is 0 Å². The van der Waals surface area contributed by atoms with Gasteiger partial charge in [0.15, 0.2) is 0 Å². The highest BCUT2D eigenvalue weighted by molar-refractivity contribution is 5.98. The smallest absolute Gasteiger partial charge is 0.0462 e. The summed E-state index contributed by atoms with van der Waals surface area (Å²) in [5.41, 5.74) is 20.9. The topological polar surface area (TPSA) is 3.24 Å². The van der Waals surface area contributed by atoms with E-state index in [1.165, 1.54) is 77.9 Å². The largest absolute Gasteiger partial charge is 0.311 e. The number of hydrogen-bond donors (Lipinski definition) is 0. The first-order valence-corrected chi connectivity index (χ1v) is 20.2. The SMILES string of the molecule is CC1(C)c2ccccc2-c2c(-c3ccc(-c4ccc(N(c5ccc(-c6ccccc6)cc5)c5ccc(-c6ccccc6)cc5)cc4)cc3-c3ccccc3)cccc21. The van der Waals surface area contributed by atoms with Gasteiger partial charge in [-0.2, -0.15) is 0 Å². The molecule has 9 aromatic carbocycles. The van der Waals surface area contributed by atoms with Gasteiger partial charge in [-0.15, -0.1) is 0 Å². The molecule has 1 aliphatic rings. The van der Waals surface area contributed by atoms with Crippen LogP contribution in [0.1, 0.15) is 25.0 Å². The molecule has 0 saturated heterocycles. The van der Waals surface area contributed by atoms with Gasteiger partial charge in [-0.3, -0.25) is 0 Å². The molecule has 0 fully saturated rings. The first-order chi connectivity index (χ1) is 28.5. The monoisotopic (exact) mass is 741 g/mol. The molecule has 1 heteroatoms.